The minimum Gasteiger partial charge on any atom is -0.326 e. The third kappa shape index (κ3) is 4.48. The van der Waals surface area contributed by atoms with Gasteiger partial charge in [-0.15, -0.1) is 0 Å². The van der Waals surface area contributed by atoms with Crippen molar-refractivity contribution in [1.82, 2.24) is 9.78 Å². The fourth-order valence-electron chi connectivity index (χ4n) is 2.96. The number of aryl methyl sites for hydroxylation is 1. The SMILES string of the molecule is CC(=O)Nc1ccc(S(=O)(=O)Nc2cc(C)nn2[C@H]2CCS(=O)(=O)C2)cc1. The van der Waals surface area contributed by atoms with Gasteiger partial charge in [0.1, 0.15) is 5.82 Å². The van der Waals surface area contributed by atoms with Crippen molar-refractivity contribution in [3.8, 4) is 0 Å². The third-order valence-electron chi connectivity index (χ3n) is 4.14. The van der Waals surface area contributed by atoms with E-state index in [1.165, 1.54) is 35.9 Å². The molecule has 1 amide bonds. The standard InChI is InChI=1S/C16H20N4O5S2/c1-11-9-16(20(18-11)14-7-8-26(22,23)10-14)19-27(24,25)15-5-3-13(4-6-15)17-12(2)21/h3-6,9,14,19H,7-8,10H2,1-2H3,(H,17,21)/t14-/m0/s1. The number of nitrogens with one attached hydrogen (secondary N) is 2. The molecular weight excluding hydrogens is 392 g/mol. The molecule has 2 N–H and O–H groups in total. The minimum absolute atomic E-state index is 0.0149. The maximum Gasteiger partial charge on any atom is 0.263 e. The highest BCUT2D eigenvalue weighted by Crippen LogP contribution is 2.28. The number of hydrogen-bond donors (Lipinski definition) is 2. The molecule has 9 nitrogen and oxygen atoms in total. The highest BCUT2D eigenvalue weighted by molar-refractivity contribution is 7.92. The Labute approximate surface area is 157 Å². The minimum atomic E-state index is -3.90. The Morgan fingerprint density at radius 1 is 1.26 bits per heavy atom. The summed E-state index contributed by atoms with van der Waals surface area (Å²) in [6, 6.07) is 6.89. The smallest absolute Gasteiger partial charge is 0.263 e. The summed E-state index contributed by atoms with van der Waals surface area (Å²) in [5, 5.41) is 6.83. The molecule has 1 aliphatic rings. The molecule has 2 heterocycles. The number of nitrogens with zero attached hydrogens (tertiary/aromatic N) is 2. The second kappa shape index (κ2) is 6.97. The number of benzene rings is 1. The van der Waals surface area contributed by atoms with Crippen molar-refractivity contribution < 1.29 is 21.6 Å². The van der Waals surface area contributed by atoms with Crippen LogP contribution in [0.15, 0.2) is 35.2 Å². The number of sulfonamides is 1. The van der Waals surface area contributed by atoms with Gasteiger partial charge < -0.3 is 5.32 Å². The Bertz CT molecular complexity index is 1070. The molecule has 1 aliphatic heterocycles. The molecule has 11 heteroatoms. The van der Waals surface area contributed by atoms with Crippen LogP contribution in [0.2, 0.25) is 0 Å². The van der Waals surface area contributed by atoms with Crippen molar-refractivity contribution in [3.63, 3.8) is 0 Å². The Morgan fingerprint density at radius 2 is 1.93 bits per heavy atom. The average molecular weight is 412 g/mol. The molecule has 27 heavy (non-hydrogen) atoms. The van der Waals surface area contributed by atoms with Gasteiger partial charge in [0.25, 0.3) is 10.0 Å². The first-order valence-electron chi connectivity index (χ1n) is 8.23. The highest BCUT2D eigenvalue weighted by atomic mass is 32.2. The van der Waals surface area contributed by atoms with Crippen LogP contribution in [-0.4, -0.2) is 44.0 Å². The lowest BCUT2D eigenvalue weighted by Gasteiger charge is -2.15. The predicted molar refractivity (Wildman–Crippen MR) is 101 cm³/mol. The zero-order valence-electron chi connectivity index (χ0n) is 14.8. The molecule has 1 aromatic carbocycles. The quantitative estimate of drug-likeness (QED) is 0.762. The number of amides is 1. The van der Waals surface area contributed by atoms with Crippen LogP contribution in [0.3, 0.4) is 0 Å². The maximum absolute atomic E-state index is 12.7. The van der Waals surface area contributed by atoms with Gasteiger partial charge in [-0.1, -0.05) is 0 Å². The van der Waals surface area contributed by atoms with Crippen molar-refractivity contribution in [3.05, 3.63) is 36.0 Å². The number of hydrogen-bond acceptors (Lipinski definition) is 6. The first kappa shape index (κ1) is 19.4. The van der Waals surface area contributed by atoms with Gasteiger partial charge in [0.2, 0.25) is 5.91 Å². The van der Waals surface area contributed by atoms with Crippen LogP contribution < -0.4 is 10.0 Å². The lowest BCUT2D eigenvalue weighted by atomic mass is 10.3. The van der Waals surface area contributed by atoms with Gasteiger partial charge in [0, 0.05) is 18.7 Å². The molecule has 0 spiro atoms. The molecule has 0 unspecified atom stereocenters. The van der Waals surface area contributed by atoms with Gasteiger partial charge in [-0.05, 0) is 37.6 Å². The summed E-state index contributed by atoms with van der Waals surface area (Å²) in [5.74, 6) is -0.0306. The van der Waals surface area contributed by atoms with Crippen LogP contribution in [0.5, 0.6) is 0 Å². The van der Waals surface area contributed by atoms with Crippen LogP contribution in [0.25, 0.3) is 0 Å². The molecule has 0 saturated carbocycles. The zero-order chi connectivity index (χ0) is 19.8. The molecule has 0 radical (unpaired) electrons. The molecule has 1 fully saturated rings. The summed E-state index contributed by atoms with van der Waals surface area (Å²) in [7, 11) is -7.03. The normalized spacial score (nSPS) is 19.0. The van der Waals surface area contributed by atoms with Crippen molar-refractivity contribution in [1.29, 1.82) is 0 Å². The molecule has 1 aromatic heterocycles. The second-order valence-corrected chi connectivity index (χ2v) is 10.4. The van der Waals surface area contributed by atoms with Crippen LogP contribution in [0.1, 0.15) is 25.1 Å². The van der Waals surface area contributed by atoms with Crippen LogP contribution in [0, 0.1) is 6.92 Å². The molecule has 2 aromatic rings. The van der Waals surface area contributed by atoms with E-state index in [2.05, 4.69) is 15.1 Å². The maximum atomic E-state index is 12.7. The summed E-state index contributed by atoms with van der Waals surface area (Å²) in [4.78, 5) is 11.1. The van der Waals surface area contributed by atoms with Crippen LogP contribution in [0.4, 0.5) is 11.5 Å². The Balaban J connectivity index is 1.85. The van der Waals surface area contributed by atoms with Gasteiger partial charge in [-0.2, -0.15) is 5.10 Å². The van der Waals surface area contributed by atoms with Gasteiger partial charge in [-0.3, -0.25) is 9.52 Å². The largest absolute Gasteiger partial charge is 0.326 e. The summed E-state index contributed by atoms with van der Waals surface area (Å²) < 4.78 is 52.8. The molecular formula is C16H20N4O5S2. The van der Waals surface area contributed by atoms with E-state index in [-0.39, 0.29) is 28.1 Å². The fraction of sp³-hybridized carbons (Fsp3) is 0.375. The molecule has 3 rings (SSSR count). The number of anilines is 2. The molecule has 0 aliphatic carbocycles. The van der Waals surface area contributed by atoms with E-state index in [9.17, 15) is 21.6 Å². The number of carbonyl (C=O) groups is 1. The Hall–Kier alpha value is -2.40. The van der Waals surface area contributed by atoms with Gasteiger partial charge >= 0.3 is 0 Å². The third-order valence-corrected chi connectivity index (χ3v) is 7.26. The van der Waals surface area contributed by atoms with E-state index in [0.29, 0.717) is 17.8 Å². The Morgan fingerprint density at radius 3 is 2.48 bits per heavy atom. The van der Waals surface area contributed by atoms with Crippen molar-refractivity contribution >= 4 is 37.3 Å². The number of carbonyl (C=O) groups excluding carboxylic acids is 1. The first-order valence-corrected chi connectivity index (χ1v) is 11.5. The van der Waals surface area contributed by atoms with E-state index >= 15 is 0 Å². The van der Waals surface area contributed by atoms with Gasteiger partial charge in [0.15, 0.2) is 9.84 Å². The summed E-state index contributed by atoms with van der Waals surface area (Å²) >= 11 is 0. The molecule has 0 bridgehead atoms. The number of sulfone groups is 1. The van der Waals surface area contributed by atoms with E-state index < -0.39 is 25.9 Å². The highest BCUT2D eigenvalue weighted by Gasteiger charge is 2.32. The molecule has 146 valence electrons. The predicted octanol–water partition coefficient (Wildman–Crippen LogP) is 1.31. The van der Waals surface area contributed by atoms with Crippen LogP contribution >= 0.6 is 0 Å². The van der Waals surface area contributed by atoms with Crippen molar-refractivity contribution in [2.75, 3.05) is 21.5 Å². The van der Waals surface area contributed by atoms with Gasteiger partial charge in [0.05, 0.1) is 28.1 Å². The van der Waals surface area contributed by atoms with Crippen molar-refractivity contribution in [2.24, 2.45) is 0 Å². The molecule has 1 atom stereocenters. The van der Waals surface area contributed by atoms with E-state index in [4.69, 9.17) is 0 Å². The van der Waals surface area contributed by atoms with E-state index in [1.807, 2.05) is 0 Å². The first-order chi connectivity index (χ1) is 12.6. The topological polar surface area (TPSA) is 127 Å². The summed E-state index contributed by atoms with van der Waals surface area (Å²) in [6.07, 6.45) is 0.392. The summed E-state index contributed by atoms with van der Waals surface area (Å²) in [6.45, 7) is 3.07. The van der Waals surface area contributed by atoms with E-state index in [1.54, 1.807) is 13.0 Å². The number of rotatable bonds is 5. The second-order valence-electron chi connectivity index (χ2n) is 6.48. The zero-order valence-corrected chi connectivity index (χ0v) is 16.5. The Kier molecular flexibility index (Phi) is 5.00. The van der Waals surface area contributed by atoms with E-state index in [0.717, 1.165) is 0 Å². The van der Waals surface area contributed by atoms with Crippen LogP contribution in [-0.2, 0) is 24.7 Å². The average Bonchev–Trinajstić information content (AvgIpc) is 3.08. The fourth-order valence-corrected chi connectivity index (χ4v) is 5.69. The van der Waals surface area contributed by atoms with Gasteiger partial charge in [-0.25, -0.2) is 21.5 Å². The monoisotopic (exact) mass is 412 g/mol. The summed E-state index contributed by atoms with van der Waals surface area (Å²) in [5.41, 5.74) is 1.07. The van der Waals surface area contributed by atoms with Crippen molar-refractivity contribution in [2.45, 2.75) is 31.2 Å². The lowest BCUT2D eigenvalue weighted by molar-refractivity contribution is -0.114. The molecule has 1 saturated heterocycles. The lowest BCUT2D eigenvalue weighted by Crippen LogP contribution is -2.20. The number of aromatic nitrogens is 2.